The Labute approximate surface area is 261 Å². The molecule has 0 amide bonds. The summed E-state index contributed by atoms with van der Waals surface area (Å²) < 4.78 is 131. The third-order valence-electron chi connectivity index (χ3n) is 5.07. The van der Waals surface area contributed by atoms with Gasteiger partial charge in [-0.05, 0) is 36.4 Å². The molecule has 47 heavy (non-hydrogen) atoms. The summed E-state index contributed by atoms with van der Waals surface area (Å²) >= 11 is 0. The van der Waals surface area contributed by atoms with E-state index in [0.29, 0.717) is 0 Å². The van der Waals surface area contributed by atoms with Crippen LogP contribution in [0.3, 0.4) is 0 Å². The Morgan fingerprint density at radius 2 is 0.468 bits per heavy atom. The lowest BCUT2D eigenvalue weighted by Crippen LogP contribution is -2.10. The maximum Gasteiger partial charge on any atom is 0.631 e. The predicted octanol–water partition coefficient (Wildman–Crippen LogP) is 6.50. The van der Waals surface area contributed by atoms with E-state index < -0.39 is 76.6 Å². The summed E-state index contributed by atoms with van der Waals surface area (Å²) in [5, 5.41) is 21.5. The van der Waals surface area contributed by atoms with Gasteiger partial charge in [-0.1, -0.05) is 54.6 Å². The van der Waals surface area contributed by atoms with Crippen LogP contribution in [0.1, 0.15) is 0 Å². The molecule has 0 aliphatic heterocycles. The zero-order valence-electron chi connectivity index (χ0n) is 23.6. The van der Waals surface area contributed by atoms with Gasteiger partial charge in [0.05, 0.1) is 11.1 Å². The van der Waals surface area contributed by atoms with Gasteiger partial charge in [0.15, 0.2) is 46.5 Å². The van der Waals surface area contributed by atoms with Gasteiger partial charge in [0.25, 0.3) is 0 Å². The molecule has 0 heterocycles. The molecule has 0 spiro atoms. The summed E-state index contributed by atoms with van der Waals surface area (Å²) in [5.41, 5.74) is 14.0. The van der Waals surface area contributed by atoms with Crippen molar-refractivity contribution in [3.63, 3.8) is 0 Å². The van der Waals surface area contributed by atoms with Gasteiger partial charge in [-0.25, -0.2) is 43.9 Å². The van der Waals surface area contributed by atoms with E-state index in [4.69, 9.17) is 32.3 Å². The Morgan fingerprint density at radius 3 is 0.596 bits per heavy atom. The van der Waals surface area contributed by atoms with Crippen molar-refractivity contribution in [1.82, 2.24) is 0 Å². The minimum absolute atomic E-state index is 0.822. The molecule has 0 saturated carbocycles. The summed E-state index contributed by atoms with van der Waals surface area (Å²) in [5.74, 6) is -26.6. The summed E-state index contributed by atoms with van der Waals surface area (Å²) in [6.45, 7) is 0. The summed E-state index contributed by atoms with van der Waals surface area (Å²) in [6, 6.07) is 28.5. The van der Waals surface area contributed by atoms with Crippen molar-refractivity contribution in [3.8, 4) is 11.1 Å². The molecule has 5 aromatic rings. The molecule has 0 aliphatic rings. The molecule has 250 valence electrons. The third kappa shape index (κ3) is 12.2. The number of nitrogen functional groups attached to an aromatic ring is 3. The standard InChI is InChI=1S/C12F10.3C6H7N.BH3O3/c13-3-1(4(14)8(18)11(21)7(3)17)2-5(15)9(19)12(22)10(20)6(2)16;3*7-6-4-2-1-3-5-6;2-1(3)4/h;3*1-5H,7H2;2-4H. The van der Waals surface area contributed by atoms with E-state index in [1.807, 2.05) is 91.0 Å². The van der Waals surface area contributed by atoms with E-state index in [2.05, 4.69) is 0 Å². The minimum Gasteiger partial charge on any atom is -0.402 e. The first kappa shape index (κ1) is 39.8. The van der Waals surface area contributed by atoms with Crippen molar-refractivity contribution in [1.29, 1.82) is 0 Å². The molecule has 0 unspecified atom stereocenters. The number of nitrogens with two attached hydrogens (primary N) is 3. The first-order valence-electron chi connectivity index (χ1n) is 12.5. The van der Waals surface area contributed by atoms with Crippen molar-refractivity contribution < 1.29 is 59.0 Å². The Hall–Kier alpha value is -5.26. The fraction of sp³-hybridized carbons (Fsp3) is 0. The largest absolute Gasteiger partial charge is 0.631 e. The predicted molar refractivity (Wildman–Crippen MR) is 156 cm³/mol. The van der Waals surface area contributed by atoms with E-state index in [-0.39, 0.29) is 0 Å². The Morgan fingerprint density at radius 1 is 0.319 bits per heavy atom. The van der Waals surface area contributed by atoms with Crippen LogP contribution in [0.25, 0.3) is 11.1 Å². The quantitative estimate of drug-likeness (QED) is 0.0395. The number of benzene rings is 5. The molecule has 0 saturated heterocycles. The molecule has 0 aromatic heterocycles. The first-order chi connectivity index (χ1) is 22.0. The van der Waals surface area contributed by atoms with Crippen LogP contribution in [0.15, 0.2) is 91.0 Å². The van der Waals surface area contributed by atoms with E-state index in [0.717, 1.165) is 17.1 Å². The molecule has 0 atom stereocenters. The van der Waals surface area contributed by atoms with Crippen LogP contribution in [0.5, 0.6) is 0 Å². The topological polar surface area (TPSA) is 139 Å². The van der Waals surface area contributed by atoms with Gasteiger partial charge in [0, 0.05) is 17.1 Å². The average Bonchev–Trinajstić information content (AvgIpc) is 3.04. The van der Waals surface area contributed by atoms with E-state index in [1.54, 1.807) is 0 Å². The molecule has 9 N–H and O–H groups in total. The second-order valence-electron chi connectivity index (χ2n) is 8.47. The Bertz CT molecular complexity index is 1490. The molecule has 0 fully saturated rings. The second kappa shape index (κ2) is 19.3. The van der Waals surface area contributed by atoms with Crippen LogP contribution in [0.2, 0.25) is 0 Å². The zero-order valence-corrected chi connectivity index (χ0v) is 23.6. The summed E-state index contributed by atoms with van der Waals surface area (Å²) in [6.07, 6.45) is 0. The van der Waals surface area contributed by atoms with Crippen LogP contribution < -0.4 is 17.2 Å². The summed E-state index contributed by atoms with van der Waals surface area (Å²) in [7, 11) is -2.17. The van der Waals surface area contributed by atoms with Crippen molar-refractivity contribution >= 4 is 24.4 Å². The SMILES string of the molecule is Fc1c(F)c(F)c(-c2c(F)c(F)c(F)c(F)c2F)c(F)c1F.Nc1ccccc1.Nc1ccccc1.Nc1ccccc1.OB(O)O. The lowest BCUT2D eigenvalue weighted by atomic mass is 10.0. The Balaban J connectivity index is 0.000000356. The van der Waals surface area contributed by atoms with Gasteiger partial charge in [0.1, 0.15) is 0 Å². The average molecular weight is 675 g/mol. The summed E-state index contributed by atoms with van der Waals surface area (Å²) in [4.78, 5) is 0. The van der Waals surface area contributed by atoms with Gasteiger partial charge in [0.2, 0.25) is 11.6 Å². The molecular weight excluding hydrogens is 651 g/mol. The third-order valence-corrected chi connectivity index (χ3v) is 5.07. The first-order valence-corrected chi connectivity index (χ1v) is 12.5. The van der Waals surface area contributed by atoms with Crippen molar-refractivity contribution in [2.75, 3.05) is 17.2 Å². The molecule has 0 aliphatic carbocycles. The number of para-hydroxylation sites is 3. The van der Waals surface area contributed by atoms with Crippen LogP contribution in [-0.4, -0.2) is 22.4 Å². The second-order valence-corrected chi connectivity index (χ2v) is 8.47. The molecule has 17 heteroatoms. The Kier molecular flexibility index (Phi) is 16.3. The number of hydrogen-bond acceptors (Lipinski definition) is 6. The number of anilines is 3. The van der Waals surface area contributed by atoms with Crippen LogP contribution in [-0.2, 0) is 0 Å². The molecule has 6 nitrogen and oxygen atoms in total. The highest BCUT2D eigenvalue weighted by molar-refractivity contribution is 6.30. The molecule has 5 aromatic carbocycles. The van der Waals surface area contributed by atoms with E-state index >= 15 is 0 Å². The van der Waals surface area contributed by atoms with Crippen molar-refractivity contribution in [2.24, 2.45) is 0 Å². The van der Waals surface area contributed by atoms with Gasteiger partial charge < -0.3 is 32.3 Å². The highest BCUT2D eigenvalue weighted by atomic mass is 19.2. The van der Waals surface area contributed by atoms with Gasteiger partial charge in [-0.3, -0.25) is 0 Å². The monoisotopic (exact) mass is 675 g/mol. The fourth-order valence-electron chi connectivity index (χ4n) is 3.01. The molecule has 0 radical (unpaired) electrons. The molecule has 0 bridgehead atoms. The number of rotatable bonds is 1. The highest BCUT2D eigenvalue weighted by Gasteiger charge is 2.34. The molecule has 5 rings (SSSR count). The maximum atomic E-state index is 13.4. The zero-order chi connectivity index (χ0) is 35.8. The van der Waals surface area contributed by atoms with Gasteiger partial charge in [-0.2, -0.15) is 0 Å². The van der Waals surface area contributed by atoms with Crippen molar-refractivity contribution in [3.05, 3.63) is 149 Å². The molecular formula is C30H24BF10N3O3. The van der Waals surface area contributed by atoms with E-state index in [9.17, 15) is 43.9 Å². The maximum absolute atomic E-state index is 13.4. The fourth-order valence-corrected chi connectivity index (χ4v) is 3.01. The normalized spacial score (nSPS) is 9.64. The van der Waals surface area contributed by atoms with Crippen molar-refractivity contribution in [2.45, 2.75) is 0 Å². The van der Waals surface area contributed by atoms with Gasteiger partial charge in [-0.15, -0.1) is 0 Å². The van der Waals surface area contributed by atoms with Gasteiger partial charge >= 0.3 is 7.32 Å². The smallest absolute Gasteiger partial charge is 0.402 e. The lowest BCUT2D eigenvalue weighted by molar-refractivity contribution is 0.278. The number of hydrogen-bond donors (Lipinski definition) is 6. The van der Waals surface area contributed by atoms with Crippen LogP contribution in [0, 0.1) is 58.2 Å². The highest BCUT2D eigenvalue weighted by Crippen LogP contribution is 2.37. The minimum atomic E-state index is -2.68. The van der Waals surface area contributed by atoms with Crippen LogP contribution >= 0.6 is 0 Å². The lowest BCUT2D eigenvalue weighted by Gasteiger charge is -2.11. The van der Waals surface area contributed by atoms with E-state index in [1.165, 1.54) is 0 Å². The number of halogens is 10. The van der Waals surface area contributed by atoms with Crippen LogP contribution in [0.4, 0.5) is 61.0 Å².